The Kier molecular flexibility index (Phi) is 5.46. The Labute approximate surface area is 161 Å². The lowest BCUT2D eigenvalue weighted by Crippen LogP contribution is -2.19. The van der Waals surface area contributed by atoms with E-state index in [-0.39, 0.29) is 5.91 Å². The van der Waals surface area contributed by atoms with Gasteiger partial charge in [-0.1, -0.05) is 0 Å². The zero-order valence-electron chi connectivity index (χ0n) is 15.2. The minimum atomic E-state index is -0.438. The number of hydrogen-bond donors (Lipinski definition) is 3. The standard InChI is InChI=1S/C20H17FN6O/c1-12-7-13(9-22)3-5-16(12)26-17-8-19(25-11-15(17)20(28)23-2)27-18-6-4-14(21)10-24-18/h3-8,10-11H,1-2H3,(H,23,28)(H2,24,25,26,27). The summed E-state index contributed by atoms with van der Waals surface area (Å²) in [7, 11) is 1.54. The van der Waals surface area contributed by atoms with Gasteiger partial charge in [-0.05, 0) is 42.8 Å². The smallest absolute Gasteiger partial charge is 0.254 e. The van der Waals surface area contributed by atoms with Crippen LogP contribution in [0, 0.1) is 24.1 Å². The molecule has 0 bridgehead atoms. The Bertz CT molecular complexity index is 1060. The van der Waals surface area contributed by atoms with Crippen molar-refractivity contribution in [3.8, 4) is 6.07 Å². The molecule has 2 aromatic heterocycles. The number of benzene rings is 1. The summed E-state index contributed by atoms with van der Waals surface area (Å²) in [6.07, 6.45) is 2.53. The van der Waals surface area contributed by atoms with E-state index in [9.17, 15) is 9.18 Å². The molecule has 0 unspecified atom stereocenters. The van der Waals surface area contributed by atoms with Gasteiger partial charge in [-0.3, -0.25) is 4.79 Å². The van der Waals surface area contributed by atoms with Crippen molar-refractivity contribution in [3.63, 3.8) is 0 Å². The molecule has 3 aromatic rings. The van der Waals surface area contributed by atoms with Gasteiger partial charge in [0.25, 0.3) is 5.91 Å². The number of hydrogen-bond acceptors (Lipinski definition) is 6. The lowest BCUT2D eigenvalue weighted by Gasteiger charge is -2.15. The van der Waals surface area contributed by atoms with Crippen molar-refractivity contribution < 1.29 is 9.18 Å². The lowest BCUT2D eigenvalue weighted by molar-refractivity contribution is 0.0963. The number of pyridine rings is 2. The van der Waals surface area contributed by atoms with Gasteiger partial charge in [0.1, 0.15) is 17.5 Å². The zero-order valence-corrected chi connectivity index (χ0v) is 15.2. The maximum Gasteiger partial charge on any atom is 0.254 e. The maximum atomic E-state index is 13.0. The van der Waals surface area contributed by atoms with E-state index in [2.05, 4.69) is 32.0 Å². The summed E-state index contributed by atoms with van der Waals surface area (Å²) in [4.78, 5) is 20.4. The predicted molar refractivity (Wildman–Crippen MR) is 104 cm³/mol. The fourth-order valence-corrected chi connectivity index (χ4v) is 2.54. The number of nitriles is 1. The molecule has 28 heavy (non-hydrogen) atoms. The van der Waals surface area contributed by atoms with E-state index < -0.39 is 5.82 Å². The number of amides is 1. The van der Waals surface area contributed by atoms with Crippen molar-refractivity contribution in [1.82, 2.24) is 15.3 Å². The average molecular weight is 376 g/mol. The fourth-order valence-electron chi connectivity index (χ4n) is 2.54. The summed E-state index contributed by atoms with van der Waals surface area (Å²) >= 11 is 0. The van der Waals surface area contributed by atoms with E-state index in [0.717, 1.165) is 17.4 Å². The fraction of sp³-hybridized carbons (Fsp3) is 0.100. The van der Waals surface area contributed by atoms with Gasteiger partial charge in [-0.15, -0.1) is 0 Å². The highest BCUT2D eigenvalue weighted by atomic mass is 19.1. The van der Waals surface area contributed by atoms with Crippen LogP contribution >= 0.6 is 0 Å². The molecule has 140 valence electrons. The molecule has 3 N–H and O–H groups in total. The Morgan fingerprint density at radius 1 is 1.04 bits per heavy atom. The van der Waals surface area contributed by atoms with Crippen LogP contribution in [0.1, 0.15) is 21.5 Å². The lowest BCUT2D eigenvalue weighted by atomic mass is 10.1. The van der Waals surface area contributed by atoms with Gasteiger partial charge in [0.15, 0.2) is 0 Å². The highest BCUT2D eigenvalue weighted by Crippen LogP contribution is 2.27. The molecule has 0 aliphatic carbocycles. The van der Waals surface area contributed by atoms with E-state index in [1.54, 1.807) is 24.3 Å². The van der Waals surface area contributed by atoms with Gasteiger partial charge in [0.05, 0.1) is 29.1 Å². The van der Waals surface area contributed by atoms with Crippen LogP contribution in [0.15, 0.2) is 48.8 Å². The van der Waals surface area contributed by atoms with E-state index >= 15 is 0 Å². The molecule has 8 heteroatoms. The van der Waals surface area contributed by atoms with Crippen LogP contribution < -0.4 is 16.0 Å². The third-order valence-electron chi connectivity index (χ3n) is 3.98. The van der Waals surface area contributed by atoms with Gasteiger partial charge >= 0.3 is 0 Å². The molecular weight excluding hydrogens is 359 g/mol. The second kappa shape index (κ2) is 8.14. The van der Waals surface area contributed by atoms with Gasteiger partial charge in [-0.2, -0.15) is 5.26 Å². The number of nitrogens with one attached hydrogen (secondary N) is 3. The Morgan fingerprint density at radius 2 is 1.82 bits per heavy atom. The van der Waals surface area contributed by atoms with Crippen molar-refractivity contribution in [2.75, 3.05) is 17.7 Å². The largest absolute Gasteiger partial charge is 0.355 e. The second-order valence-corrected chi connectivity index (χ2v) is 5.95. The summed E-state index contributed by atoms with van der Waals surface area (Å²) in [5.74, 6) is 0.113. The molecule has 7 nitrogen and oxygen atoms in total. The summed E-state index contributed by atoms with van der Waals surface area (Å²) < 4.78 is 13.0. The van der Waals surface area contributed by atoms with E-state index in [0.29, 0.717) is 28.5 Å². The third-order valence-corrected chi connectivity index (χ3v) is 3.98. The predicted octanol–water partition coefficient (Wildman–Crippen LogP) is 3.64. The molecule has 3 rings (SSSR count). The number of halogens is 1. The van der Waals surface area contributed by atoms with Gasteiger partial charge in [-0.25, -0.2) is 14.4 Å². The molecule has 0 saturated carbocycles. The third kappa shape index (κ3) is 4.22. The number of aryl methyl sites for hydroxylation is 1. The number of nitrogens with zero attached hydrogens (tertiary/aromatic N) is 3. The first-order valence-corrected chi connectivity index (χ1v) is 8.38. The molecule has 0 saturated heterocycles. The normalized spacial score (nSPS) is 10.1. The van der Waals surface area contributed by atoms with Gasteiger partial charge in [0, 0.05) is 25.0 Å². The van der Waals surface area contributed by atoms with Crippen molar-refractivity contribution >= 4 is 28.9 Å². The minimum Gasteiger partial charge on any atom is -0.355 e. The number of aromatic nitrogens is 2. The second-order valence-electron chi connectivity index (χ2n) is 5.95. The average Bonchev–Trinajstić information content (AvgIpc) is 2.71. The topological polar surface area (TPSA) is 103 Å². The Hall–Kier alpha value is -3.99. The maximum absolute atomic E-state index is 13.0. The Balaban J connectivity index is 1.95. The molecule has 1 aromatic carbocycles. The molecule has 1 amide bonds. The van der Waals surface area contributed by atoms with Crippen molar-refractivity contribution in [3.05, 3.63) is 71.3 Å². The first kappa shape index (κ1) is 18.8. The van der Waals surface area contributed by atoms with E-state index in [1.165, 1.54) is 25.4 Å². The number of carbonyl (C=O) groups is 1. The van der Waals surface area contributed by atoms with Crippen molar-refractivity contribution in [2.24, 2.45) is 0 Å². The molecule has 0 aliphatic rings. The van der Waals surface area contributed by atoms with Crippen LogP contribution in [-0.4, -0.2) is 22.9 Å². The first-order valence-electron chi connectivity index (χ1n) is 8.38. The molecule has 0 aliphatic heterocycles. The monoisotopic (exact) mass is 376 g/mol. The molecular formula is C20H17FN6O. The number of carbonyl (C=O) groups excluding carboxylic acids is 1. The quantitative estimate of drug-likeness (QED) is 0.628. The molecule has 0 fully saturated rings. The molecule has 0 radical (unpaired) electrons. The Morgan fingerprint density at radius 3 is 2.46 bits per heavy atom. The SMILES string of the molecule is CNC(=O)c1cnc(Nc2ccc(F)cn2)cc1Nc1ccc(C#N)cc1C. The van der Waals surface area contributed by atoms with Crippen LogP contribution in [0.2, 0.25) is 0 Å². The van der Waals surface area contributed by atoms with Crippen LogP contribution in [0.4, 0.5) is 27.4 Å². The minimum absolute atomic E-state index is 0.298. The highest BCUT2D eigenvalue weighted by Gasteiger charge is 2.14. The van der Waals surface area contributed by atoms with Crippen molar-refractivity contribution in [2.45, 2.75) is 6.92 Å². The van der Waals surface area contributed by atoms with Crippen molar-refractivity contribution in [1.29, 1.82) is 5.26 Å². The van der Waals surface area contributed by atoms with E-state index in [1.807, 2.05) is 6.92 Å². The summed E-state index contributed by atoms with van der Waals surface area (Å²) in [6, 6.07) is 11.7. The first-order chi connectivity index (χ1) is 13.5. The highest BCUT2D eigenvalue weighted by molar-refractivity contribution is 6.00. The van der Waals surface area contributed by atoms with E-state index in [4.69, 9.17) is 5.26 Å². The molecule has 0 spiro atoms. The van der Waals surface area contributed by atoms with Crippen LogP contribution in [0.25, 0.3) is 0 Å². The summed E-state index contributed by atoms with van der Waals surface area (Å²) in [5.41, 5.74) is 3.03. The molecule has 0 atom stereocenters. The summed E-state index contributed by atoms with van der Waals surface area (Å²) in [6.45, 7) is 1.87. The summed E-state index contributed by atoms with van der Waals surface area (Å²) in [5, 5.41) is 17.8. The number of rotatable bonds is 5. The number of anilines is 4. The van der Waals surface area contributed by atoms with Gasteiger partial charge < -0.3 is 16.0 Å². The van der Waals surface area contributed by atoms with Crippen LogP contribution in [0.3, 0.4) is 0 Å². The van der Waals surface area contributed by atoms with Gasteiger partial charge in [0.2, 0.25) is 0 Å². The van der Waals surface area contributed by atoms with Crippen LogP contribution in [0.5, 0.6) is 0 Å². The molecule has 2 heterocycles. The zero-order chi connectivity index (χ0) is 20.1. The van der Waals surface area contributed by atoms with Crippen LogP contribution in [-0.2, 0) is 0 Å².